The zero-order valence-corrected chi connectivity index (χ0v) is 12.2. The predicted molar refractivity (Wildman–Crippen MR) is 73.6 cm³/mol. The van der Waals surface area contributed by atoms with Crippen LogP contribution in [-0.2, 0) is 4.74 Å². The highest BCUT2D eigenvalue weighted by atomic mass is 79.9. The van der Waals surface area contributed by atoms with Gasteiger partial charge in [-0.15, -0.1) is 0 Å². The first-order valence-electron chi connectivity index (χ1n) is 5.70. The number of aliphatic hydroxyl groups is 1. The van der Waals surface area contributed by atoms with Crippen molar-refractivity contribution in [3.05, 3.63) is 34.3 Å². The van der Waals surface area contributed by atoms with Crippen molar-refractivity contribution in [1.82, 2.24) is 5.32 Å². The Morgan fingerprint density at radius 2 is 2.28 bits per heavy atom. The van der Waals surface area contributed by atoms with Gasteiger partial charge < -0.3 is 15.2 Å². The summed E-state index contributed by atoms with van der Waals surface area (Å²) in [5, 5.41) is 12.7. The van der Waals surface area contributed by atoms with Gasteiger partial charge in [0.1, 0.15) is 0 Å². The molecule has 5 heteroatoms. The molecule has 0 aliphatic carbocycles. The van der Waals surface area contributed by atoms with Crippen molar-refractivity contribution in [2.75, 3.05) is 20.3 Å². The number of carbonyl (C=O) groups excluding carboxylic acids is 1. The highest BCUT2D eigenvalue weighted by molar-refractivity contribution is 9.10. The second kappa shape index (κ2) is 6.87. The Morgan fingerprint density at radius 3 is 2.89 bits per heavy atom. The normalized spacial score (nSPS) is 14.0. The van der Waals surface area contributed by atoms with Crippen LogP contribution in [0.1, 0.15) is 23.7 Å². The number of benzene rings is 1. The van der Waals surface area contributed by atoms with Gasteiger partial charge in [0, 0.05) is 36.7 Å². The minimum absolute atomic E-state index is 0.196. The van der Waals surface area contributed by atoms with Crippen LogP contribution in [0.2, 0.25) is 0 Å². The summed E-state index contributed by atoms with van der Waals surface area (Å²) in [4.78, 5) is 11.8. The maximum absolute atomic E-state index is 11.8. The van der Waals surface area contributed by atoms with E-state index in [-0.39, 0.29) is 12.5 Å². The van der Waals surface area contributed by atoms with E-state index in [9.17, 15) is 9.90 Å². The Morgan fingerprint density at radius 1 is 1.56 bits per heavy atom. The zero-order valence-electron chi connectivity index (χ0n) is 10.6. The molecule has 1 atom stereocenters. The lowest BCUT2D eigenvalue weighted by molar-refractivity contribution is 0.0243. The molecule has 0 radical (unpaired) electrons. The van der Waals surface area contributed by atoms with Crippen molar-refractivity contribution in [3.63, 3.8) is 0 Å². The SMILES string of the molecule is COCCC(C)(O)CNC(=O)c1cccc(Br)c1. The van der Waals surface area contributed by atoms with Crippen molar-refractivity contribution < 1.29 is 14.6 Å². The number of nitrogens with one attached hydrogen (secondary N) is 1. The van der Waals surface area contributed by atoms with Crippen LogP contribution in [0.5, 0.6) is 0 Å². The number of amides is 1. The highest BCUT2D eigenvalue weighted by Crippen LogP contribution is 2.12. The third-order valence-corrected chi connectivity index (χ3v) is 3.05. The van der Waals surface area contributed by atoms with E-state index in [0.29, 0.717) is 18.6 Å². The minimum Gasteiger partial charge on any atom is -0.388 e. The molecule has 100 valence electrons. The summed E-state index contributed by atoms with van der Waals surface area (Å²) in [6, 6.07) is 7.11. The Kier molecular flexibility index (Phi) is 5.78. The standard InChI is InChI=1S/C13H18BrNO3/c1-13(17,6-7-18-2)9-15-12(16)10-4-3-5-11(14)8-10/h3-5,8,17H,6-7,9H2,1-2H3,(H,15,16). The molecular weight excluding hydrogens is 298 g/mol. The van der Waals surface area contributed by atoms with Crippen molar-refractivity contribution in [2.24, 2.45) is 0 Å². The minimum atomic E-state index is -0.961. The van der Waals surface area contributed by atoms with Crippen LogP contribution in [-0.4, -0.2) is 36.9 Å². The van der Waals surface area contributed by atoms with E-state index in [1.54, 1.807) is 32.2 Å². The number of ether oxygens (including phenoxy) is 1. The van der Waals surface area contributed by atoms with Crippen molar-refractivity contribution >= 4 is 21.8 Å². The first kappa shape index (κ1) is 15.1. The van der Waals surface area contributed by atoms with Gasteiger partial charge in [0.25, 0.3) is 5.91 Å². The summed E-state index contributed by atoms with van der Waals surface area (Å²) < 4.78 is 5.75. The number of hydrogen-bond donors (Lipinski definition) is 2. The van der Waals surface area contributed by atoms with E-state index < -0.39 is 5.60 Å². The first-order valence-corrected chi connectivity index (χ1v) is 6.49. The molecule has 2 N–H and O–H groups in total. The first-order chi connectivity index (χ1) is 8.44. The quantitative estimate of drug-likeness (QED) is 0.843. The average molecular weight is 316 g/mol. The molecule has 0 aliphatic rings. The molecule has 0 aliphatic heterocycles. The lowest BCUT2D eigenvalue weighted by Crippen LogP contribution is -2.41. The van der Waals surface area contributed by atoms with Crippen molar-refractivity contribution in [3.8, 4) is 0 Å². The van der Waals surface area contributed by atoms with Crippen molar-refractivity contribution in [1.29, 1.82) is 0 Å². The van der Waals surface area contributed by atoms with Gasteiger partial charge in [0.15, 0.2) is 0 Å². The summed E-state index contributed by atoms with van der Waals surface area (Å²) in [5.41, 5.74) is -0.399. The van der Waals surface area contributed by atoms with E-state index >= 15 is 0 Å². The third kappa shape index (κ3) is 5.16. The van der Waals surface area contributed by atoms with Gasteiger partial charge in [-0.1, -0.05) is 22.0 Å². The van der Waals surface area contributed by atoms with Gasteiger partial charge in [-0.2, -0.15) is 0 Å². The Balaban J connectivity index is 2.50. The maximum Gasteiger partial charge on any atom is 0.251 e. The topological polar surface area (TPSA) is 58.6 Å². The summed E-state index contributed by atoms with van der Waals surface area (Å²) in [6.07, 6.45) is 0.474. The predicted octanol–water partition coefficient (Wildman–Crippen LogP) is 1.97. The van der Waals surface area contributed by atoms with Crippen LogP contribution in [0.3, 0.4) is 0 Å². The van der Waals surface area contributed by atoms with Crippen LogP contribution in [0.25, 0.3) is 0 Å². The second-order valence-electron chi connectivity index (χ2n) is 4.43. The lowest BCUT2D eigenvalue weighted by atomic mass is 10.0. The second-order valence-corrected chi connectivity index (χ2v) is 5.35. The average Bonchev–Trinajstić information content (AvgIpc) is 2.34. The van der Waals surface area contributed by atoms with E-state index in [4.69, 9.17) is 4.74 Å². The molecule has 0 aromatic heterocycles. The molecule has 0 saturated heterocycles. The fraction of sp³-hybridized carbons (Fsp3) is 0.462. The number of hydrogen-bond acceptors (Lipinski definition) is 3. The number of rotatable bonds is 6. The Hall–Kier alpha value is -0.910. The van der Waals surface area contributed by atoms with E-state index in [1.165, 1.54) is 0 Å². The summed E-state index contributed by atoms with van der Waals surface area (Å²) >= 11 is 3.31. The molecule has 1 amide bonds. The van der Waals surface area contributed by atoms with Crippen LogP contribution >= 0.6 is 15.9 Å². The van der Waals surface area contributed by atoms with Crippen LogP contribution in [0, 0.1) is 0 Å². The van der Waals surface area contributed by atoms with Gasteiger partial charge in [-0.3, -0.25) is 4.79 Å². The summed E-state index contributed by atoms with van der Waals surface area (Å²) in [6.45, 7) is 2.33. The number of carbonyl (C=O) groups is 1. The molecular formula is C13H18BrNO3. The fourth-order valence-corrected chi connectivity index (χ4v) is 1.81. The molecule has 0 spiro atoms. The summed E-state index contributed by atoms with van der Waals surface area (Å²) in [7, 11) is 1.58. The van der Waals surface area contributed by atoms with Gasteiger partial charge in [-0.25, -0.2) is 0 Å². The van der Waals surface area contributed by atoms with Gasteiger partial charge in [0.05, 0.1) is 5.60 Å². The number of methoxy groups -OCH3 is 1. The zero-order chi connectivity index (χ0) is 13.6. The highest BCUT2D eigenvalue weighted by Gasteiger charge is 2.21. The molecule has 4 nitrogen and oxygen atoms in total. The van der Waals surface area contributed by atoms with E-state index in [0.717, 1.165) is 4.47 Å². The van der Waals surface area contributed by atoms with Crippen LogP contribution in [0.15, 0.2) is 28.7 Å². The Labute approximate surface area is 115 Å². The third-order valence-electron chi connectivity index (χ3n) is 2.56. The molecule has 1 aromatic carbocycles. The van der Waals surface area contributed by atoms with Gasteiger partial charge in [-0.05, 0) is 25.1 Å². The summed E-state index contributed by atoms with van der Waals surface area (Å²) in [5.74, 6) is -0.200. The molecule has 1 rings (SSSR count). The maximum atomic E-state index is 11.8. The number of halogens is 1. The lowest BCUT2D eigenvalue weighted by Gasteiger charge is -2.23. The van der Waals surface area contributed by atoms with E-state index in [1.807, 2.05) is 6.07 Å². The molecule has 18 heavy (non-hydrogen) atoms. The molecule has 0 bridgehead atoms. The molecule has 0 saturated carbocycles. The molecule has 1 unspecified atom stereocenters. The monoisotopic (exact) mass is 315 g/mol. The Bertz CT molecular complexity index is 407. The molecule has 1 aromatic rings. The van der Waals surface area contributed by atoms with Crippen molar-refractivity contribution in [2.45, 2.75) is 18.9 Å². The fourth-order valence-electron chi connectivity index (χ4n) is 1.41. The van der Waals surface area contributed by atoms with Gasteiger partial charge in [0.2, 0.25) is 0 Å². The van der Waals surface area contributed by atoms with Crippen LogP contribution in [0.4, 0.5) is 0 Å². The largest absolute Gasteiger partial charge is 0.388 e. The molecule has 0 fully saturated rings. The van der Waals surface area contributed by atoms with Crippen LogP contribution < -0.4 is 5.32 Å². The van der Waals surface area contributed by atoms with E-state index in [2.05, 4.69) is 21.2 Å². The van der Waals surface area contributed by atoms with Gasteiger partial charge >= 0.3 is 0 Å². The smallest absolute Gasteiger partial charge is 0.251 e. The molecule has 0 heterocycles.